The Bertz CT molecular complexity index is 354. The lowest BCUT2D eigenvalue weighted by molar-refractivity contribution is 0.0311. The third-order valence-electron chi connectivity index (χ3n) is 2.35. The van der Waals surface area contributed by atoms with Crippen LogP contribution in [0.1, 0.15) is 6.92 Å². The van der Waals surface area contributed by atoms with Gasteiger partial charge in [-0.2, -0.15) is 0 Å². The van der Waals surface area contributed by atoms with Crippen LogP contribution in [0, 0.1) is 0 Å². The fourth-order valence-electron chi connectivity index (χ4n) is 1.45. The van der Waals surface area contributed by atoms with Crippen molar-refractivity contribution in [3.05, 3.63) is 18.2 Å². The highest BCUT2D eigenvalue weighted by Gasteiger charge is 2.30. The molecule has 1 aliphatic heterocycles. The Morgan fingerprint density at radius 3 is 3.14 bits per heavy atom. The highest BCUT2D eigenvalue weighted by atomic mass is 16.5. The van der Waals surface area contributed by atoms with Gasteiger partial charge in [-0.3, -0.25) is 0 Å². The lowest BCUT2D eigenvalue weighted by Crippen LogP contribution is -2.46. The number of ether oxygens (including phenoxy) is 1. The minimum Gasteiger partial charge on any atom is -0.481 e. The fourth-order valence-corrected chi connectivity index (χ4v) is 1.45. The number of hydrogen-bond acceptors (Lipinski definition) is 4. The largest absolute Gasteiger partial charge is 0.481 e. The number of aliphatic hydroxyl groups excluding tert-OH is 1. The van der Waals surface area contributed by atoms with E-state index in [9.17, 15) is 0 Å². The van der Waals surface area contributed by atoms with Crippen LogP contribution >= 0.6 is 0 Å². The molecule has 76 valence electrons. The lowest BCUT2D eigenvalue weighted by Gasteiger charge is -2.35. The van der Waals surface area contributed by atoms with Crippen molar-refractivity contribution in [1.82, 2.24) is 0 Å². The highest BCUT2D eigenvalue weighted by molar-refractivity contribution is 5.64. The normalized spacial score (nSPS) is 24.7. The molecule has 1 heterocycles. The summed E-state index contributed by atoms with van der Waals surface area (Å²) in [7, 11) is 0. The van der Waals surface area contributed by atoms with Gasteiger partial charge in [0.25, 0.3) is 0 Å². The van der Waals surface area contributed by atoms with Gasteiger partial charge in [-0.15, -0.1) is 0 Å². The van der Waals surface area contributed by atoms with Gasteiger partial charge >= 0.3 is 0 Å². The van der Waals surface area contributed by atoms with Crippen LogP contribution in [-0.4, -0.2) is 23.9 Å². The SMILES string of the molecule is CC1(CO)CNc2cc(N)ccc2O1. The minimum absolute atomic E-state index is 0.0101. The zero-order valence-electron chi connectivity index (χ0n) is 8.08. The predicted octanol–water partition coefficient (Wildman–Crippen LogP) is 0.824. The second-order valence-corrected chi connectivity index (χ2v) is 3.82. The van der Waals surface area contributed by atoms with E-state index in [1.807, 2.05) is 19.1 Å². The molecule has 14 heavy (non-hydrogen) atoms. The first-order valence-electron chi connectivity index (χ1n) is 4.56. The summed E-state index contributed by atoms with van der Waals surface area (Å²) in [6.45, 7) is 2.43. The predicted molar refractivity (Wildman–Crippen MR) is 55.5 cm³/mol. The summed E-state index contributed by atoms with van der Waals surface area (Å²) in [6, 6.07) is 5.42. The van der Waals surface area contributed by atoms with E-state index in [0.717, 1.165) is 11.4 Å². The van der Waals surface area contributed by atoms with Crippen LogP contribution in [-0.2, 0) is 0 Å². The van der Waals surface area contributed by atoms with Crippen molar-refractivity contribution in [1.29, 1.82) is 0 Å². The van der Waals surface area contributed by atoms with Crippen molar-refractivity contribution < 1.29 is 9.84 Å². The second-order valence-electron chi connectivity index (χ2n) is 3.82. The lowest BCUT2D eigenvalue weighted by atomic mass is 10.1. The number of nitrogen functional groups attached to an aromatic ring is 1. The molecule has 0 fully saturated rings. The summed E-state index contributed by atoms with van der Waals surface area (Å²) in [4.78, 5) is 0. The number of nitrogens with one attached hydrogen (secondary N) is 1. The quantitative estimate of drug-likeness (QED) is 0.579. The molecule has 2 rings (SSSR count). The van der Waals surface area contributed by atoms with Crippen LogP contribution in [0.15, 0.2) is 18.2 Å². The molecule has 1 unspecified atom stereocenters. The van der Waals surface area contributed by atoms with Crippen LogP contribution in [0.3, 0.4) is 0 Å². The molecule has 0 aromatic heterocycles. The summed E-state index contributed by atoms with van der Waals surface area (Å²) < 4.78 is 5.66. The van der Waals surface area contributed by atoms with E-state index < -0.39 is 5.60 Å². The number of fused-ring (bicyclic) bond motifs is 1. The summed E-state index contributed by atoms with van der Waals surface area (Å²) in [5.41, 5.74) is 6.68. The van der Waals surface area contributed by atoms with Gasteiger partial charge in [0.1, 0.15) is 11.4 Å². The molecule has 0 amide bonds. The zero-order chi connectivity index (χ0) is 10.2. The van der Waals surface area contributed by atoms with Crippen LogP contribution in [0.25, 0.3) is 0 Å². The van der Waals surface area contributed by atoms with Gasteiger partial charge in [0.15, 0.2) is 0 Å². The number of rotatable bonds is 1. The van der Waals surface area contributed by atoms with Crippen LogP contribution < -0.4 is 15.8 Å². The monoisotopic (exact) mass is 194 g/mol. The Kier molecular flexibility index (Phi) is 2.00. The van der Waals surface area contributed by atoms with E-state index in [-0.39, 0.29) is 6.61 Å². The first kappa shape index (κ1) is 9.15. The number of anilines is 2. The number of aliphatic hydroxyl groups is 1. The van der Waals surface area contributed by atoms with Crippen molar-refractivity contribution in [2.45, 2.75) is 12.5 Å². The van der Waals surface area contributed by atoms with Gasteiger partial charge in [0.05, 0.1) is 18.8 Å². The van der Waals surface area contributed by atoms with Crippen LogP contribution in [0.4, 0.5) is 11.4 Å². The molecule has 4 nitrogen and oxygen atoms in total. The molecular weight excluding hydrogens is 180 g/mol. The molecule has 0 spiro atoms. The van der Waals surface area contributed by atoms with Crippen molar-refractivity contribution in [2.24, 2.45) is 0 Å². The van der Waals surface area contributed by atoms with Crippen molar-refractivity contribution in [2.75, 3.05) is 24.2 Å². The molecule has 1 aromatic rings. The maximum atomic E-state index is 9.14. The van der Waals surface area contributed by atoms with Gasteiger partial charge in [-0.05, 0) is 25.1 Å². The average molecular weight is 194 g/mol. The van der Waals surface area contributed by atoms with E-state index in [1.54, 1.807) is 6.07 Å². The smallest absolute Gasteiger partial charge is 0.146 e. The maximum Gasteiger partial charge on any atom is 0.146 e. The Morgan fingerprint density at radius 1 is 1.64 bits per heavy atom. The van der Waals surface area contributed by atoms with Crippen molar-refractivity contribution in [3.63, 3.8) is 0 Å². The van der Waals surface area contributed by atoms with E-state index in [4.69, 9.17) is 15.6 Å². The number of nitrogens with two attached hydrogens (primary N) is 1. The van der Waals surface area contributed by atoms with E-state index in [1.165, 1.54) is 0 Å². The van der Waals surface area contributed by atoms with E-state index in [2.05, 4.69) is 5.32 Å². The molecule has 0 bridgehead atoms. The second kappa shape index (κ2) is 3.06. The average Bonchev–Trinajstić information content (AvgIpc) is 2.19. The third-order valence-corrected chi connectivity index (χ3v) is 2.35. The van der Waals surface area contributed by atoms with Crippen molar-refractivity contribution >= 4 is 11.4 Å². The van der Waals surface area contributed by atoms with Gasteiger partial charge in [0.2, 0.25) is 0 Å². The van der Waals surface area contributed by atoms with Gasteiger partial charge in [-0.25, -0.2) is 0 Å². The molecule has 1 aliphatic rings. The molecule has 0 saturated carbocycles. The molecule has 4 heteroatoms. The maximum absolute atomic E-state index is 9.14. The summed E-state index contributed by atoms with van der Waals surface area (Å²) in [6.07, 6.45) is 0. The van der Waals surface area contributed by atoms with Crippen molar-refractivity contribution in [3.8, 4) is 5.75 Å². The molecule has 4 N–H and O–H groups in total. The van der Waals surface area contributed by atoms with Crippen LogP contribution in [0.2, 0.25) is 0 Å². The highest BCUT2D eigenvalue weighted by Crippen LogP contribution is 2.33. The third kappa shape index (κ3) is 1.48. The first-order chi connectivity index (χ1) is 6.63. The first-order valence-corrected chi connectivity index (χ1v) is 4.56. The number of benzene rings is 1. The summed E-state index contributed by atoms with van der Waals surface area (Å²) in [5.74, 6) is 0.738. The van der Waals surface area contributed by atoms with Crippen LogP contribution in [0.5, 0.6) is 5.75 Å². The molecule has 1 aromatic carbocycles. The molecule has 0 aliphatic carbocycles. The fraction of sp³-hybridized carbons (Fsp3) is 0.400. The standard InChI is InChI=1S/C10H14N2O2/c1-10(6-13)5-12-8-4-7(11)2-3-9(8)14-10/h2-4,12-13H,5-6,11H2,1H3. The minimum atomic E-state index is -0.539. The Balaban J connectivity index is 2.31. The van der Waals surface area contributed by atoms with E-state index in [0.29, 0.717) is 12.2 Å². The van der Waals surface area contributed by atoms with Gasteiger partial charge < -0.3 is 20.9 Å². The number of hydrogen-bond donors (Lipinski definition) is 3. The molecule has 1 atom stereocenters. The summed E-state index contributed by atoms with van der Waals surface area (Å²) in [5, 5.41) is 12.3. The van der Waals surface area contributed by atoms with Gasteiger partial charge in [-0.1, -0.05) is 0 Å². The topological polar surface area (TPSA) is 67.5 Å². The summed E-state index contributed by atoms with van der Waals surface area (Å²) >= 11 is 0. The zero-order valence-corrected chi connectivity index (χ0v) is 8.08. The van der Waals surface area contributed by atoms with E-state index >= 15 is 0 Å². The Hall–Kier alpha value is -1.42. The molecular formula is C10H14N2O2. The molecule has 0 saturated heterocycles. The Labute approximate surface area is 82.7 Å². The Morgan fingerprint density at radius 2 is 2.43 bits per heavy atom. The molecule has 0 radical (unpaired) electrons. The van der Waals surface area contributed by atoms with Gasteiger partial charge in [0, 0.05) is 5.69 Å².